The molecule has 0 aliphatic rings. The van der Waals surface area contributed by atoms with Crippen LogP contribution in [0, 0.1) is 0 Å². The first-order chi connectivity index (χ1) is 8.56. The van der Waals surface area contributed by atoms with E-state index in [-0.39, 0.29) is 5.91 Å². The van der Waals surface area contributed by atoms with Crippen molar-refractivity contribution < 1.29 is 4.79 Å². The fourth-order valence-electron chi connectivity index (χ4n) is 1.41. The third-order valence-corrected chi connectivity index (χ3v) is 3.12. The molecule has 96 valence electrons. The molecule has 2 aromatic rings. The highest BCUT2D eigenvalue weighted by atomic mass is 32.1. The summed E-state index contributed by atoms with van der Waals surface area (Å²) in [5.74, 6) is 0.285. The fourth-order valence-corrected chi connectivity index (χ4v) is 2.30. The van der Waals surface area contributed by atoms with E-state index in [1.165, 1.54) is 11.3 Å². The van der Waals surface area contributed by atoms with E-state index < -0.39 is 0 Å². The zero-order chi connectivity index (χ0) is 13.1. The van der Waals surface area contributed by atoms with Crippen LogP contribution in [0.4, 0.5) is 5.95 Å². The fraction of sp³-hybridized carbons (Fsp3) is 0.364. The molecule has 2 heterocycles. The largest absolute Gasteiger partial charge is 0.320 e. The molecule has 0 unspecified atom stereocenters. The average molecular weight is 265 g/mol. The minimum Gasteiger partial charge on any atom is -0.320 e. The molecule has 0 spiro atoms. The molecule has 0 aliphatic heterocycles. The van der Waals surface area contributed by atoms with Gasteiger partial charge in [0.2, 0.25) is 5.95 Å². The summed E-state index contributed by atoms with van der Waals surface area (Å²) in [5, 5.41) is 5.40. The van der Waals surface area contributed by atoms with Crippen LogP contribution in [-0.4, -0.2) is 39.4 Å². The summed E-state index contributed by atoms with van der Waals surface area (Å²) in [4.78, 5) is 22.3. The Kier molecular flexibility index (Phi) is 3.73. The Morgan fingerprint density at radius 2 is 2.33 bits per heavy atom. The van der Waals surface area contributed by atoms with Crippen molar-refractivity contribution in [2.75, 3.05) is 19.4 Å². The van der Waals surface area contributed by atoms with Crippen LogP contribution in [0.3, 0.4) is 0 Å². The van der Waals surface area contributed by atoms with E-state index in [2.05, 4.69) is 15.3 Å². The molecule has 0 fully saturated rings. The van der Waals surface area contributed by atoms with E-state index in [9.17, 15) is 4.79 Å². The molecule has 1 N–H and O–H groups in total. The molecule has 18 heavy (non-hydrogen) atoms. The molecule has 0 aliphatic carbocycles. The summed E-state index contributed by atoms with van der Waals surface area (Å²) in [6.45, 7) is 0.736. The monoisotopic (exact) mass is 265 g/mol. The van der Waals surface area contributed by atoms with Gasteiger partial charge in [0.15, 0.2) is 0 Å². The quantitative estimate of drug-likeness (QED) is 0.902. The topological polar surface area (TPSA) is 63.1 Å². The van der Waals surface area contributed by atoms with Gasteiger partial charge in [-0.2, -0.15) is 0 Å². The van der Waals surface area contributed by atoms with Crippen LogP contribution in [0.15, 0.2) is 17.8 Å². The average Bonchev–Trinajstić information content (AvgIpc) is 2.88. The van der Waals surface area contributed by atoms with Gasteiger partial charge in [-0.25, -0.2) is 9.97 Å². The number of aromatic nitrogens is 3. The van der Waals surface area contributed by atoms with Gasteiger partial charge < -0.3 is 9.47 Å². The highest BCUT2D eigenvalue weighted by Gasteiger charge is 2.13. The number of hydrogen-bond donors (Lipinski definition) is 1. The summed E-state index contributed by atoms with van der Waals surface area (Å²) in [5.41, 5.74) is 0.430. The number of carbonyl (C=O) groups is 1. The van der Waals surface area contributed by atoms with Crippen molar-refractivity contribution in [1.29, 1.82) is 0 Å². The third kappa shape index (κ3) is 2.93. The summed E-state index contributed by atoms with van der Waals surface area (Å²) in [6, 6.07) is 0. The Balaban J connectivity index is 2.05. The van der Waals surface area contributed by atoms with Gasteiger partial charge >= 0.3 is 0 Å². The number of amides is 1. The molecule has 2 rings (SSSR count). The molecule has 0 aromatic carbocycles. The van der Waals surface area contributed by atoms with Crippen LogP contribution >= 0.6 is 11.3 Å². The zero-order valence-corrected chi connectivity index (χ0v) is 11.4. The normalized spacial score (nSPS) is 10.9. The second kappa shape index (κ2) is 5.28. The number of aryl methyl sites for hydroxylation is 1. The Hall–Kier alpha value is -1.73. The van der Waals surface area contributed by atoms with Crippen molar-refractivity contribution in [3.63, 3.8) is 0 Å². The van der Waals surface area contributed by atoms with Gasteiger partial charge in [-0.15, -0.1) is 11.3 Å². The lowest BCUT2D eigenvalue weighted by molar-refractivity contribution is 0.102. The number of carbonyl (C=O) groups excluding carboxylic acids is 1. The van der Waals surface area contributed by atoms with Crippen LogP contribution in [0.5, 0.6) is 0 Å². The predicted molar refractivity (Wildman–Crippen MR) is 70.7 cm³/mol. The maximum Gasteiger partial charge on any atom is 0.277 e. The smallest absolute Gasteiger partial charge is 0.277 e. The number of anilines is 1. The second-order valence-electron chi connectivity index (χ2n) is 4.18. The number of nitrogens with zero attached hydrogens (tertiary/aromatic N) is 4. The molecular formula is C11H15N5OS. The lowest BCUT2D eigenvalue weighted by Crippen LogP contribution is -2.16. The predicted octanol–water partition coefficient (Wildman–Crippen LogP) is 1.19. The summed E-state index contributed by atoms with van der Waals surface area (Å²) in [7, 11) is 5.76. The standard InChI is InChI=1S/C11H15N5OS/c1-15(2)6-9-13-8(7-18-9)10(17)14-11-12-4-5-16(11)3/h4-5,7H,6H2,1-3H3,(H,12,14,17). The van der Waals surface area contributed by atoms with Crippen molar-refractivity contribution in [2.24, 2.45) is 7.05 Å². The van der Waals surface area contributed by atoms with Gasteiger partial charge in [-0.1, -0.05) is 0 Å². The Labute approximate surface area is 109 Å². The van der Waals surface area contributed by atoms with Gasteiger partial charge in [-0.05, 0) is 14.1 Å². The molecule has 0 bridgehead atoms. The van der Waals surface area contributed by atoms with Gasteiger partial charge in [0.25, 0.3) is 5.91 Å². The van der Waals surface area contributed by atoms with Crippen LogP contribution < -0.4 is 5.32 Å². The first-order valence-electron chi connectivity index (χ1n) is 5.44. The Bertz CT molecular complexity index is 545. The SMILES string of the molecule is CN(C)Cc1nc(C(=O)Nc2nccn2C)cs1. The molecule has 6 nitrogen and oxygen atoms in total. The van der Waals surface area contributed by atoms with Crippen LogP contribution in [0.1, 0.15) is 15.5 Å². The van der Waals surface area contributed by atoms with Gasteiger partial charge in [0, 0.05) is 31.4 Å². The van der Waals surface area contributed by atoms with Gasteiger partial charge in [0.1, 0.15) is 10.7 Å². The van der Waals surface area contributed by atoms with Crippen molar-refractivity contribution in [1.82, 2.24) is 19.4 Å². The van der Waals surface area contributed by atoms with E-state index in [0.29, 0.717) is 11.6 Å². The molecule has 0 saturated heterocycles. The maximum absolute atomic E-state index is 11.9. The third-order valence-electron chi connectivity index (χ3n) is 2.28. The van der Waals surface area contributed by atoms with Crippen molar-refractivity contribution in [2.45, 2.75) is 6.54 Å². The first kappa shape index (κ1) is 12.7. The number of hydrogen-bond acceptors (Lipinski definition) is 5. The van der Waals surface area contributed by atoms with Gasteiger partial charge in [0.05, 0.1) is 0 Å². The molecule has 0 radical (unpaired) electrons. The first-order valence-corrected chi connectivity index (χ1v) is 6.32. The van der Waals surface area contributed by atoms with E-state index in [1.54, 1.807) is 22.3 Å². The summed E-state index contributed by atoms with van der Waals surface area (Å²) < 4.78 is 1.74. The van der Waals surface area contributed by atoms with Crippen LogP contribution in [0.25, 0.3) is 0 Å². The van der Waals surface area contributed by atoms with E-state index in [1.807, 2.05) is 26.0 Å². The lowest BCUT2D eigenvalue weighted by atomic mass is 10.4. The molecule has 0 saturated carbocycles. The highest BCUT2D eigenvalue weighted by molar-refractivity contribution is 7.09. The van der Waals surface area contributed by atoms with E-state index in [4.69, 9.17) is 0 Å². The van der Waals surface area contributed by atoms with Gasteiger partial charge in [-0.3, -0.25) is 10.1 Å². The highest BCUT2D eigenvalue weighted by Crippen LogP contribution is 2.12. The Morgan fingerprint density at radius 1 is 1.56 bits per heavy atom. The molecule has 2 aromatic heterocycles. The minimum absolute atomic E-state index is 0.231. The second-order valence-corrected chi connectivity index (χ2v) is 5.12. The lowest BCUT2D eigenvalue weighted by Gasteiger charge is -2.05. The molecule has 7 heteroatoms. The van der Waals surface area contributed by atoms with Crippen molar-refractivity contribution >= 4 is 23.2 Å². The van der Waals surface area contributed by atoms with Crippen LogP contribution in [-0.2, 0) is 13.6 Å². The summed E-state index contributed by atoms with van der Waals surface area (Å²) >= 11 is 1.48. The minimum atomic E-state index is -0.231. The van der Waals surface area contributed by atoms with Crippen molar-refractivity contribution in [3.8, 4) is 0 Å². The number of rotatable bonds is 4. The molecular weight excluding hydrogens is 250 g/mol. The summed E-state index contributed by atoms with van der Waals surface area (Å²) in [6.07, 6.45) is 3.41. The number of imidazole rings is 1. The van der Waals surface area contributed by atoms with E-state index in [0.717, 1.165) is 11.6 Å². The number of nitrogens with one attached hydrogen (secondary N) is 1. The maximum atomic E-state index is 11.9. The zero-order valence-electron chi connectivity index (χ0n) is 10.5. The van der Waals surface area contributed by atoms with E-state index >= 15 is 0 Å². The Morgan fingerprint density at radius 3 is 2.94 bits per heavy atom. The number of thiazole rings is 1. The molecule has 1 amide bonds. The van der Waals surface area contributed by atoms with Crippen LogP contribution in [0.2, 0.25) is 0 Å². The molecule has 0 atom stereocenters. The van der Waals surface area contributed by atoms with Crippen molar-refractivity contribution in [3.05, 3.63) is 28.5 Å².